The third-order valence-corrected chi connectivity index (χ3v) is 5.93. The van der Waals surface area contributed by atoms with Crippen molar-refractivity contribution in [2.45, 2.75) is 19.6 Å². The normalized spacial score (nSPS) is 11.0. The number of rotatable bonds is 1. The van der Waals surface area contributed by atoms with Crippen molar-refractivity contribution in [3.05, 3.63) is 62.2 Å². The molecule has 2 radical (unpaired) electrons. The van der Waals surface area contributed by atoms with Crippen LogP contribution in [-0.2, 0) is 52.8 Å². The van der Waals surface area contributed by atoms with Gasteiger partial charge in [0.05, 0.1) is 13.7 Å². The Morgan fingerprint density at radius 1 is 1.00 bits per heavy atom. The van der Waals surface area contributed by atoms with E-state index in [0.29, 0.717) is 0 Å². The Morgan fingerprint density at radius 2 is 1.67 bits per heavy atom. The number of benzene rings is 2. The van der Waals surface area contributed by atoms with Gasteiger partial charge in [0.2, 0.25) is 0 Å². The summed E-state index contributed by atoms with van der Waals surface area (Å²) >= 11 is 0. The molecule has 0 unspecified atom stereocenters. The van der Waals surface area contributed by atoms with E-state index in [-0.39, 0.29) is 60.2 Å². The number of fused-ring (bicyclic) bond motifs is 6. The number of pyridine rings is 1. The predicted molar refractivity (Wildman–Crippen MR) is 98.4 cm³/mol. The molecule has 2 nitrogen and oxygen atoms in total. The predicted octanol–water partition coefficient (Wildman–Crippen LogP) is 4.43. The van der Waals surface area contributed by atoms with Gasteiger partial charge in [0.25, 0.3) is 0 Å². The summed E-state index contributed by atoms with van der Waals surface area (Å²) in [6.45, 7) is 7.10. The largest absolute Gasteiger partial charge is 0.358 e. The molecule has 0 aliphatic heterocycles. The van der Waals surface area contributed by atoms with Crippen molar-refractivity contribution in [1.82, 2.24) is 9.38 Å². The van der Waals surface area contributed by atoms with E-state index in [2.05, 4.69) is 66.6 Å². The Labute approximate surface area is 183 Å². The van der Waals surface area contributed by atoms with Crippen LogP contribution < -0.4 is 5.32 Å². The third-order valence-electron chi connectivity index (χ3n) is 4.05. The van der Waals surface area contributed by atoms with Crippen molar-refractivity contribution in [1.29, 1.82) is 0 Å². The molecule has 0 spiro atoms. The van der Waals surface area contributed by atoms with Gasteiger partial charge in [-0.3, -0.25) is 4.98 Å². The zero-order chi connectivity index (χ0) is 14.6. The fourth-order valence-corrected chi connectivity index (χ4v) is 4.39. The molecule has 2 aromatic heterocycles. The number of hydrogen-bond acceptors (Lipinski definition) is 1. The van der Waals surface area contributed by atoms with Crippen molar-refractivity contribution >= 4 is 40.7 Å². The molecule has 0 atom stereocenters. The maximum absolute atomic E-state index is 4.73. The van der Waals surface area contributed by atoms with Crippen molar-refractivity contribution in [3.63, 3.8) is 0 Å². The Hall–Kier alpha value is -0.380. The molecule has 0 saturated carbocycles. The van der Waals surface area contributed by atoms with Gasteiger partial charge in [0.1, 0.15) is 0 Å². The van der Waals surface area contributed by atoms with Crippen LogP contribution in [0.1, 0.15) is 0 Å². The zero-order valence-corrected chi connectivity index (χ0v) is 20.7. The molecule has 4 aromatic rings. The van der Waals surface area contributed by atoms with Gasteiger partial charge in [-0.25, -0.2) is 0 Å². The van der Waals surface area contributed by atoms with Crippen LogP contribution in [0.5, 0.6) is 0 Å². The van der Waals surface area contributed by atoms with Crippen LogP contribution in [-0.4, -0.2) is 17.5 Å². The monoisotopic (exact) mass is 586 g/mol. The van der Waals surface area contributed by atoms with E-state index in [1.165, 1.54) is 21.6 Å². The summed E-state index contributed by atoms with van der Waals surface area (Å²) in [5.74, 6) is 0. The molecule has 24 heavy (non-hydrogen) atoms. The first kappa shape index (κ1) is 21.7. The van der Waals surface area contributed by atoms with E-state index >= 15 is 0 Å². The van der Waals surface area contributed by atoms with E-state index in [4.69, 9.17) is 4.98 Å². The third kappa shape index (κ3) is 3.32. The minimum Gasteiger partial charge on any atom is -0.358 e. The number of aromatic nitrogens is 2. The molecule has 2 heterocycles. The fourth-order valence-electron chi connectivity index (χ4n) is 3.04. The first-order chi connectivity index (χ1) is 10.1. The molecule has 0 N–H and O–H groups in total. The zero-order valence-electron chi connectivity index (χ0n) is 14.4. The van der Waals surface area contributed by atoms with Crippen LogP contribution >= 0.6 is 0 Å². The van der Waals surface area contributed by atoms with E-state index in [9.17, 15) is 0 Å². The Kier molecular flexibility index (Phi) is 7.12. The molecule has 2 aromatic carbocycles. The number of hydrogen-bond donors (Lipinski definition) is 0. The minimum absolute atomic E-state index is 0. The maximum Gasteiger partial charge on any atom is 0.1000 e. The van der Waals surface area contributed by atoms with Crippen molar-refractivity contribution in [3.8, 4) is 0 Å². The summed E-state index contributed by atoms with van der Waals surface area (Å²) in [5, 5.41) is 4.98. The van der Waals surface area contributed by atoms with Crippen molar-refractivity contribution in [2.24, 2.45) is 0 Å². The summed E-state index contributed by atoms with van der Waals surface area (Å²) in [6.07, 6.45) is 2.06. The smallest absolute Gasteiger partial charge is 0.1000 e. The summed E-state index contributed by atoms with van der Waals surface area (Å²) < 4.78 is 2.35. The molecule has 124 valence electrons. The van der Waals surface area contributed by atoms with E-state index < -0.39 is 8.07 Å². The van der Waals surface area contributed by atoms with E-state index in [1.54, 1.807) is 0 Å². The van der Waals surface area contributed by atoms with Crippen LogP contribution in [0.4, 0.5) is 0 Å². The Morgan fingerprint density at radius 3 is 2.38 bits per heavy atom. The van der Waals surface area contributed by atoms with Gasteiger partial charge in [-0.1, -0.05) is 43.2 Å². The molecule has 4 rings (SSSR count). The number of imidazole rings is 1. The standard InChI is InChI=1S/C18H17N2Si.CH3.Ir.Y/c1-21(2,3)17-12-19-18-15-10-5-4-8-13(15)14-9-6-7-11-16(14)20(17)18;;;/h4-9,11-12H,1-3H3;1H3;;/q2*-1;;. The quantitative estimate of drug-likeness (QED) is 0.184. The van der Waals surface area contributed by atoms with Crippen molar-refractivity contribution < 1.29 is 52.8 Å². The summed E-state index contributed by atoms with van der Waals surface area (Å²) in [7, 11) is -1.46. The molecule has 0 saturated heterocycles. The number of nitrogens with zero attached hydrogens (tertiary/aromatic N) is 2. The summed E-state index contributed by atoms with van der Waals surface area (Å²) in [6, 6.07) is 18.2. The molecule has 0 aliphatic carbocycles. The first-order valence-electron chi connectivity index (χ1n) is 7.26. The maximum atomic E-state index is 4.73. The fraction of sp³-hybridized carbons (Fsp3) is 0.158. The first-order valence-corrected chi connectivity index (χ1v) is 10.8. The second kappa shape index (κ2) is 7.88. The Balaban J connectivity index is 0.000000960. The van der Waals surface area contributed by atoms with Gasteiger partial charge < -0.3 is 11.8 Å². The SMILES string of the molecule is C[Si](C)(C)c1cnc2c3[c-]cccc3c3ccccc3n12.[CH3-].[Ir].[Y]. The molecule has 5 heteroatoms. The van der Waals surface area contributed by atoms with Crippen LogP contribution in [0.15, 0.2) is 48.7 Å². The number of para-hydroxylation sites is 1. The molecule has 0 aliphatic rings. The van der Waals surface area contributed by atoms with Crippen LogP contribution in [0, 0.1) is 13.5 Å². The molecular formula is C19H20IrN2SiY-2. The topological polar surface area (TPSA) is 17.3 Å². The molecular weight excluding hydrogens is 565 g/mol. The van der Waals surface area contributed by atoms with Gasteiger partial charge in [-0.15, -0.1) is 29.7 Å². The van der Waals surface area contributed by atoms with Gasteiger partial charge >= 0.3 is 0 Å². The van der Waals surface area contributed by atoms with Crippen LogP contribution in [0.3, 0.4) is 0 Å². The van der Waals surface area contributed by atoms with Gasteiger partial charge in [0, 0.05) is 69.8 Å². The van der Waals surface area contributed by atoms with Crippen LogP contribution in [0.25, 0.3) is 27.3 Å². The van der Waals surface area contributed by atoms with Crippen LogP contribution in [0.2, 0.25) is 19.6 Å². The summed E-state index contributed by atoms with van der Waals surface area (Å²) in [4.78, 5) is 4.73. The van der Waals surface area contributed by atoms with E-state index in [0.717, 1.165) is 11.0 Å². The van der Waals surface area contributed by atoms with E-state index in [1.807, 2.05) is 12.1 Å². The second-order valence-corrected chi connectivity index (χ2v) is 11.5. The van der Waals surface area contributed by atoms with Gasteiger partial charge in [-0.2, -0.15) is 0 Å². The Bertz CT molecular complexity index is 989. The minimum atomic E-state index is -1.46. The van der Waals surface area contributed by atoms with Crippen molar-refractivity contribution in [2.75, 3.05) is 0 Å². The molecule has 0 bridgehead atoms. The summed E-state index contributed by atoms with van der Waals surface area (Å²) in [5.41, 5.74) is 2.27. The average molecular weight is 586 g/mol. The van der Waals surface area contributed by atoms with Gasteiger partial charge in [0.15, 0.2) is 0 Å². The molecule has 0 amide bonds. The average Bonchev–Trinajstić information content (AvgIpc) is 2.93. The van der Waals surface area contributed by atoms with Gasteiger partial charge in [-0.05, 0) is 11.5 Å². The molecule has 0 fully saturated rings. The second-order valence-electron chi connectivity index (χ2n) is 6.53.